The van der Waals surface area contributed by atoms with Gasteiger partial charge in [-0.25, -0.2) is 0 Å². The van der Waals surface area contributed by atoms with Gasteiger partial charge in [-0.3, -0.25) is 14.4 Å². The van der Waals surface area contributed by atoms with E-state index in [-0.39, 0.29) is 35.6 Å². The zero-order chi connectivity index (χ0) is 18.8. The molecule has 2 atom stereocenters. The van der Waals surface area contributed by atoms with Gasteiger partial charge < -0.3 is 9.73 Å². The molecule has 0 saturated heterocycles. The summed E-state index contributed by atoms with van der Waals surface area (Å²) in [6.07, 6.45) is 2.13. The van der Waals surface area contributed by atoms with Crippen LogP contribution in [0.2, 0.25) is 0 Å². The van der Waals surface area contributed by atoms with Crippen LogP contribution in [0.25, 0.3) is 0 Å². The Morgan fingerprint density at radius 3 is 2.50 bits per heavy atom. The van der Waals surface area contributed by atoms with E-state index in [0.717, 1.165) is 22.3 Å². The van der Waals surface area contributed by atoms with Crippen molar-refractivity contribution in [1.29, 1.82) is 0 Å². The first-order chi connectivity index (χ1) is 12.4. The summed E-state index contributed by atoms with van der Waals surface area (Å²) in [7, 11) is 0. The predicted molar refractivity (Wildman–Crippen MR) is 97.2 cm³/mol. The van der Waals surface area contributed by atoms with E-state index in [2.05, 4.69) is 5.32 Å². The average Bonchev–Trinajstić information content (AvgIpc) is 3.18. The van der Waals surface area contributed by atoms with Gasteiger partial charge in [0.2, 0.25) is 0 Å². The van der Waals surface area contributed by atoms with E-state index in [1.807, 2.05) is 32.9 Å². The van der Waals surface area contributed by atoms with Crippen LogP contribution in [0.1, 0.15) is 51.6 Å². The minimum Gasteiger partial charge on any atom is -0.459 e. The first-order valence-corrected chi connectivity index (χ1v) is 8.84. The fraction of sp³-hybridized carbons (Fsp3) is 0.381. The fourth-order valence-electron chi connectivity index (χ4n) is 3.90. The van der Waals surface area contributed by atoms with Crippen molar-refractivity contribution in [3.63, 3.8) is 0 Å². The molecule has 1 aliphatic carbocycles. The van der Waals surface area contributed by atoms with E-state index in [0.29, 0.717) is 13.0 Å². The lowest BCUT2D eigenvalue weighted by Gasteiger charge is -2.16. The number of Topliss-reactive ketones (excluding diaryl/α,β-unsaturated/α-hetero) is 2. The topological polar surface area (TPSA) is 76.4 Å². The summed E-state index contributed by atoms with van der Waals surface area (Å²) in [5, 5.41) is 2.74. The van der Waals surface area contributed by atoms with Crippen molar-refractivity contribution >= 4 is 17.5 Å². The SMILES string of the molecule is Cc1cc(C)c(C2C(=O)CC(CCNC(=O)c3ccco3)C2=O)c(C)c1. The van der Waals surface area contributed by atoms with Crippen molar-refractivity contribution in [3.05, 3.63) is 58.5 Å². The predicted octanol–water partition coefficient (Wildman–Crippen LogP) is 3.27. The number of hydrogen-bond donors (Lipinski definition) is 1. The van der Waals surface area contributed by atoms with Gasteiger partial charge in [0.15, 0.2) is 11.5 Å². The molecule has 0 bridgehead atoms. The molecule has 3 rings (SSSR count). The number of hydrogen-bond acceptors (Lipinski definition) is 4. The molecule has 26 heavy (non-hydrogen) atoms. The number of carbonyl (C=O) groups excluding carboxylic acids is 3. The van der Waals surface area contributed by atoms with Crippen LogP contribution in [0.4, 0.5) is 0 Å². The highest BCUT2D eigenvalue weighted by Crippen LogP contribution is 2.37. The van der Waals surface area contributed by atoms with E-state index in [9.17, 15) is 14.4 Å². The molecule has 1 aliphatic rings. The Bertz CT molecular complexity index is 828. The molecule has 1 amide bonds. The van der Waals surface area contributed by atoms with Crippen molar-refractivity contribution in [2.45, 2.75) is 39.5 Å². The maximum Gasteiger partial charge on any atom is 0.286 e. The third-order valence-electron chi connectivity index (χ3n) is 5.01. The molecule has 1 heterocycles. The zero-order valence-electron chi connectivity index (χ0n) is 15.3. The van der Waals surface area contributed by atoms with Crippen molar-refractivity contribution in [2.24, 2.45) is 5.92 Å². The van der Waals surface area contributed by atoms with E-state index in [1.54, 1.807) is 12.1 Å². The van der Waals surface area contributed by atoms with Crippen LogP contribution < -0.4 is 5.32 Å². The summed E-state index contributed by atoms with van der Waals surface area (Å²) in [6.45, 7) is 6.24. The van der Waals surface area contributed by atoms with Gasteiger partial charge in [0.25, 0.3) is 5.91 Å². The Labute approximate surface area is 152 Å². The molecule has 0 radical (unpaired) electrons. The number of nitrogens with one attached hydrogen (secondary N) is 1. The molecular formula is C21H23NO4. The molecule has 2 unspecified atom stereocenters. The summed E-state index contributed by atoms with van der Waals surface area (Å²) < 4.78 is 5.03. The van der Waals surface area contributed by atoms with Crippen molar-refractivity contribution in [2.75, 3.05) is 6.54 Å². The molecule has 1 fully saturated rings. The number of amides is 1. The highest BCUT2D eigenvalue weighted by Gasteiger charge is 2.42. The molecule has 136 valence electrons. The maximum absolute atomic E-state index is 12.9. The van der Waals surface area contributed by atoms with Crippen LogP contribution in [-0.2, 0) is 9.59 Å². The normalized spacial score (nSPS) is 19.8. The molecule has 1 aromatic carbocycles. The van der Waals surface area contributed by atoms with Crippen molar-refractivity contribution < 1.29 is 18.8 Å². The van der Waals surface area contributed by atoms with Crippen LogP contribution >= 0.6 is 0 Å². The Morgan fingerprint density at radius 1 is 1.19 bits per heavy atom. The molecule has 5 nitrogen and oxygen atoms in total. The van der Waals surface area contributed by atoms with E-state index in [4.69, 9.17) is 4.42 Å². The molecule has 1 aromatic heterocycles. The Balaban J connectivity index is 1.67. The largest absolute Gasteiger partial charge is 0.459 e. The fourth-order valence-corrected chi connectivity index (χ4v) is 3.90. The van der Waals surface area contributed by atoms with Gasteiger partial charge in [-0.15, -0.1) is 0 Å². The molecule has 0 spiro atoms. The van der Waals surface area contributed by atoms with E-state index >= 15 is 0 Å². The van der Waals surface area contributed by atoms with Gasteiger partial charge in [-0.05, 0) is 56.0 Å². The quantitative estimate of drug-likeness (QED) is 0.837. The first kappa shape index (κ1) is 18.1. The van der Waals surface area contributed by atoms with Crippen molar-refractivity contribution in [3.8, 4) is 0 Å². The summed E-state index contributed by atoms with van der Waals surface area (Å²) in [5.74, 6) is -1.13. The Hall–Kier alpha value is -2.69. The van der Waals surface area contributed by atoms with Gasteiger partial charge in [-0.1, -0.05) is 17.7 Å². The van der Waals surface area contributed by atoms with Gasteiger partial charge >= 0.3 is 0 Å². The lowest BCUT2D eigenvalue weighted by molar-refractivity contribution is -0.124. The molecule has 1 saturated carbocycles. The third kappa shape index (κ3) is 3.47. The number of carbonyl (C=O) groups is 3. The highest BCUT2D eigenvalue weighted by atomic mass is 16.3. The number of aryl methyl sites for hydroxylation is 3. The van der Waals surface area contributed by atoms with Gasteiger partial charge in [0.1, 0.15) is 11.7 Å². The van der Waals surface area contributed by atoms with Crippen molar-refractivity contribution in [1.82, 2.24) is 5.32 Å². The molecule has 0 aliphatic heterocycles. The Kier molecular flexibility index (Phi) is 5.07. The Morgan fingerprint density at radius 2 is 1.88 bits per heavy atom. The van der Waals surface area contributed by atoms with Gasteiger partial charge in [-0.2, -0.15) is 0 Å². The maximum atomic E-state index is 12.9. The van der Waals surface area contributed by atoms with E-state index < -0.39 is 5.92 Å². The molecule has 1 N–H and O–H groups in total. The average molecular weight is 353 g/mol. The zero-order valence-corrected chi connectivity index (χ0v) is 15.3. The second-order valence-corrected chi connectivity index (χ2v) is 7.04. The van der Waals surface area contributed by atoms with Crippen LogP contribution in [-0.4, -0.2) is 24.0 Å². The lowest BCUT2D eigenvalue weighted by Crippen LogP contribution is -2.27. The first-order valence-electron chi connectivity index (χ1n) is 8.84. The number of furan rings is 1. The molecule has 5 heteroatoms. The van der Waals surface area contributed by atoms with Crippen LogP contribution in [0.15, 0.2) is 34.9 Å². The smallest absolute Gasteiger partial charge is 0.286 e. The standard InChI is InChI=1S/C21H23NO4/c1-12-9-13(2)18(14(3)10-12)19-16(23)11-15(20(19)24)6-7-22-21(25)17-5-4-8-26-17/h4-5,8-10,15,19H,6-7,11H2,1-3H3,(H,22,25). The second-order valence-electron chi connectivity index (χ2n) is 7.04. The minimum atomic E-state index is -0.665. The van der Waals surface area contributed by atoms with Crippen LogP contribution in [0.5, 0.6) is 0 Å². The highest BCUT2D eigenvalue weighted by molar-refractivity contribution is 6.15. The lowest BCUT2D eigenvalue weighted by atomic mass is 9.86. The minimum absolute atomic E-state index is 0.0209. The van der Waals surface area contributed by atoms with Crippen LogP contribution in [0, 0.1) is 26.7 Å². The third-order valence-corrected chi connectivity index (χ3v) is 5.01. The number of benzene rings is 1. The number of rotatable bonds is 5. The summed E-state index contributed by atoms with van der Waals surface area (Å²) in [4.78, 5) is 37.3. The second kappa shape index (κ2) is 7.28. The molecule has 2 aromatic rings. The summed E-state index contributed by atoms with van der Waals surface area (Å²) in [6, 6.07) is 7.25. The van der Waals surface area contributed by atoms with Gasteiger partial charge in [0, 0.05) is 18.9 Å². The summed E-state index contributed by atoms with van der Waals surface area (Å²) >= 11 is 0. The van der Waals surface area contributed by atoms with E-state index in [1.165, 1.54) is 6.26 Å². The number of ketones is 2. The van der Waals surface area contributed by atoms with Gasteiger partial charge in [0.05, 0.1) is 6.26 Å². The van der Waals surface area contributed by atoms with Crippen LogP contribution in [0.3, 0.4) is 0 Å². The molecular weight excluding hydrogens is 330 g/mol. The summed E-state index contributed by atoms with van der Waals surface area (Å²) in [5.41, 5.74) is 3.95. The monoisotopic (exact) mass is 353 g/mol.